The van der Waals surface area contributed by atoms with Crippen molar-refractivity contribution in [1.29, 1.82) is 0 Å². The van der Waals surface area contributed by atoms with E-state index in [1.165, 1.54) is 0 Å². The van der Waals surface area contributed by atoms with Crippen LogP contribution in [0.25, 0.3) is 22.2 Å². The summed E-state index contributed by atoms with van der Waals surface area (Å²) in [5, 5.41) is 22.8. The third kappa shape index (κ3) is 4.62. The van der Waals surface area contributed by atoms with E-state index in [2.05, 4.69) is 22.4 Å². The van der Waals surface area contributed by atoms with Gasteiger partial charge in [-0.15, -0.1) is 0 Å². The molecule has 3 aromatic carbocycles. The second kappa shape index (κ2) is 9.43. The molecule has 0 fully saturated rings. The minimum Gasteiger partial charge on any atom is -0.491 e. The van der Waals surface area contributed by atoms with Gasteiger partial charge in [-0.3, -0.25) is 0 Å². The maximum Gasteiger partial charge on any atom is 0.204 e. The van der Waals surface area contributed by atoms with Gasteiger partial charge in [0.05, 0.1) is 24.2 Å². The molecule has 0 aliphatic heterocycles. The van der Waals surface area contributed by atoms with Gasteiger partial charge in [-0.25, -0.2) is 4.98 Å². The molecule has 0 radical (unpaired) electrons. The first-order valence-electron chi connectivity index (χ1n) is 10.0. The Morgan fingerprint density at radius 1 is 0.900 bits per heavy atom. The van der Waals surface area contributed by atoms with Crippen molar-refractivity contribution < 1.29 is 14.9 Å². The van der Waals surface area contributed by atoms with Gasteiger partial charge in [0, 0.05) is 6.54 Å². The van der Waals surface area contributed by atoms with Crippen LogP contribution in [0.5, 0.6) is 5.75 Å². The second-order valence-corrected chi connectivity index (χ2v) is 7.04. The highest BCUT2D eigenvalue weighted by molar-refractivity contribution is 5.78. The van der Waals surface area contributed by atoms with E-state index in [1.807, 2.05) is 71.3 Å². The molecule has 0 spiro atoms. The molecular weight excluding hydrogens is 378 g/mol. The van der Waals surface area contributed by atoms with E-state index >= 15 is 0 Å². The summed E-state index contributed by atoms with van der Waals surface area (Å²) in [6, 6.07) is 25.8. The average Bonchev–Trinajstić information content (AvgIpc) is 3.14. The highest BCUT2D eigenvalue weighted by Gasteiger charge is 2.14. The molecular formula is C24H25N3O3. The second-order valence-electron chi connectivity index (χ2n) is 7.04. The van der Waals surface area contributed by atoms with Crippen LogP contribution in [-0.2, 0) is 6.54 Å². The Hall–Kier alpha value is -3.35. The molecule has 1 heterocycles. The summed E-state index contributed by atoms with van der Waals surface area (Å²) in [6.45, 7) is 0.893. The van der Waals surface area contributed by atoms with E-state index in [0.29, 0.717) is 24.8 Å². The maximum atomic E-state index is 10.6. The van der Waals surface area contributed by atoms with E-state index in [-0.39, 0.29) is 13.2 Å². The number of imidazole rings is 1. The van der Waals surface area contributed by atoms with Crippen LogP contribution < -0.4 is 10.1 Å². The molecule has 4 aromatic rings. The monoisotopic (exact) mass is 403 g/mol. The van der Waals surface area contributed by atoms with Crippen LogP contribution in [0, 0.1) is 0 Å². The van der Waals surface area contributed by atoms with Crippen LogP contribution in [0.4, 0.5) is 5.95 Å². The maximum absolute atomic E-state index is 10.6. The molecule has 0 saturated heterocycles. The summed E-state index contributed by atoms with van der Waals surface area (Å²) in [4.78, 5) is 4.55. The van der Waals surface area contributed by atoms with Gasteiger partial charge < -0.3 is 24.8 Å². The number of hydrogen-bond donors (Lipinski definition) is 3. The van der Waals surface area contributed by atoms with Crippen LogP contribution in [0.15, 0.2) is 78.9 Å². The zero-order chi connectivity index (χ0) is 20.8. The molecule has 0 bridgehead atoms. The highest BCUT2D eigenvalue weighted by Crippen LogP contribution is 2.23. The Balaban J connectivity index is 1.41. The lowest BCUT2D eigenvalue weighted by molar-refractivity contribution is 0.0938. The first kappa shape index (κ1) is 19.9. The Morgan fingerprint density at radius 3 is 2.37 bits per heavy atom. The van der Waals surface area contributed by atoms with Crippen LogP contribution in [0.2, 0.25) is 0 Å². The van der Waals surface area contributed by atoms with Crippen molar-refractivity contribution in [2.75, 3.05) is 25.1 Å². The summed E-state index contributed by atoms with van der Waals surface area (Å²) in [5.74, 6) is 1.33. The Kier molecular flexibility index (Phi) is 6.27. The number of aliphatic hydroxyl groups is 2. The van der Waals surface area contributed by atoms with E-state index in [4.69, 9.17) is 9.84 Å². The average molecular weight is 403 g/mol. The summed E-state index contributed by atoms with van der Waals surface area (Å²) >= 11 is 0. The quantitative estimate of drug-likeness (QED) is 0.398. The largest absolute Gasteiger partial charge is 0.491 e. The van der Waals surface area contributed by atoms with Gasteiger partial charge >= 0.3 is 0 Å². The van der Waals surface area contributed by atoms with Crippen molar-refractivity contribution in [3.05, 3.63) is 78.9 Å². The van der Waals surface area contributed by atoms with Crippen LogP contribution in [-0.4, -0.2) is 45.6 Å². The van der Waals surface area contributed by atoms with Crippen molar-refractivity contribution in [2.45, 2.75) is 12.6 Å². The molecule has 6 nitrogen and oxygen atoms in total. The van der Waals surface area contributed by atoms with Crippen LogP contribution in [0.1, 0.15) is 0 Å². The van der Waals surface area contributed by atoms with Gasteiger partial charge in [-0.1, -0.05) is 54.6 Å². The molecule has 6 heteroatoms. The third-order valence-electron chi connectivity index (χ3n) is 4.85. The fraction of sp³-hybridized carbons (Fsp3) is 0.208. The van der Waals surface area contributed by atoms with Gasteiger partial charge in [0.2, 0.25) is 5.95 Å². The normalized spacial score (nSPS) is 12.1. The van der Waals surface area contributed by atoms with Gasteiger partial charge in [0.15, 0.2) is 0 Å². The number of anilines is 1. The Labute approximate surface area is 175 Å². The number of rotatable bonds is 9. The number of nitrogens with zero attached hydrogens (tertiary/aromatic N) is 2. The van der Waals surface area contributed by atoms with Gasteiger partial charge in [0.1, 0.15) is 18.5 Å². The molecule has 1 aromatic heterocycles. The molecule has 30 heavy (non-hydrogen) atoms. The van der Waals surface area contributed by atoms with Crippen LogP contribution in [0.3, 0.4) is 0 Å². The van der Waals surface area contributed by atoms with E-state index in [9.17, 15) is 5.11 Å². The predicted molar refractivity (Wildman–Crippen MR) is 119 cm³/mol. The predicted octanol–water partition coefficient (Wildman–Crippen LogP) is 3.55. The molecule has 3 N–H and O–H groups in total. The minimum atomic E-state index is -0.717. The smallest absolute Gasteiger partial charge is 0.204 e. The lowest BCUT2D eigenvalue weighted by Crippen LogP contribution is -2.25. The van der Waals surface area contributed by atoms with Crippen molar-refractivity contribution in [1.82, 2.24) is 9.55 Å². The highest BCUT2D eigenvalue weighted by atomic mass is 16.5. The zero-order valence-corrected chi connectivity index (χ0v) is 16.6. The van der Waals surface area contributed by atoms with Gasteiger partial charge in [0.25, 0.3) is 0 Å². The lowest BCUT2D eigenvalue weighted by atomic mass is 10.1. The summed E-state index contributed by atoms with van der Waals surface area (Å²) in [7, 11) is 0. The van der Waals surface area contributed by atoms with Gasteiger partial charge in [-0.2, -0.15) is 0 Å². The van der Waals surface area contributed by atoms with Crippen molar-refractivity contribution >= 4 is 17.0 Å². The number of ether oxygens (including phenoxy) is 1. The SMILES string of the molecule is OCCNc1nc2ccccc2n1CC(O)COc1ccc(-c2ccccc2)cc1. The first-order valence-corrected chi connectivity index (χ1v) is 10.0. The molecule has 1 atom stereocenters. The number of benzene rings is 3. The number of aliphatic hydroxyl groups excluding tert-OH is 2. The van der Waals surface area contributed by atoms with Crippen molar-refractivity contribution in [3.8, 4) is 16.9 Å². The Morgan fingerprint density at radius 2 is 1.60 bits per heavy atom. The third-order valence-corrected chi connectivity index (χ3v) is 4.85. The first-order chi connectivity index (χ1) is 14.7. The summed E-state index contributed by atoms with van der Waals surface area (Å²) in [6.07, 6.45) is -0.717. The van der Waals surface area contributed by atoms with E-state index in [1.54, 1.807) is 0 Å². The molecule has 154 valence electrons. The van der Waals surface area contributed by atoms with E-state index < -0.39 is 6.10 Å². The number of para-hydroxylation sites is 2. The number of aromatic nitrogens is 2. The molecule has 1 unspecified atom stereocenters. The molecule has 0 aliphatic carbocycles. The topological polar surface area (TPSA) is 79.5 Å². The molecule has 0 saturated carbocycles. The summed E-state index contributed by atoms with van der Waals surface area (Å²) < 4.78 is 7.71. The molecule has 0 amide bonds. The number of fused-ring (bicyclic) bond motifs is 1. The van der Waals surface area contributed by atoms with Crippen molar-refractivity contribution in [3.63, 3.8) is 0 Å². The standard InChI is InChI=1S/C24H25N3O3/c28-15-14-25-24-26-22-8-4-5-9-23(22)27(24)16-20(29)17-30-21-12-10-19(11-13-21)18-6-2-1-3-7-18/h1-13,20,28-29H,14-17H2,(H,25,26). The summed E-state index contributed by atoms with van der Waals surface area (Å²) in [5.41, 5.74) is 4.03. The fourth-order valence-corrected chi connectivity index (χ4v) is 3.39. The van der Waals surface area contributed by atoms with Crippen molar-refractivity contribution in [2.24, 2.45) is 0 Å². The molecule has 4 rings (SSSR count). The Bertz CT molecular complexity index is 1080. The number of nitrogens with one attached hydrogen (secondary N) is 1. The molecule has 0 aliphatic rings. The lowest BCUT2D eigenvalue weighted by Gasteiger charge is -2.16. The fourth-order valence-electron chi connectivity index (χ4n) is 3.39. The zero-order valence-electron chi connectivity index (χ0n) is 16.6. The number of hydrogen-bond acceptors (Lipinski definition) is 5. The minimum absolute atomic E-state index is 0.00778. The van der Waals surface area contributed by atoms with E-state index in [0.717, 1.165) is 22.2 Å². The van der Waals surface area contributed by atoms with Crippen LogP contribution >= 0.6 is 0 Å². The van der Waals surface area contributed by atoms with Gasteiger partial charge in [-0.05, 0) is 35.4 Å².